The fourth-order valence-electron chi connectivity index (χ4n) is 2.67. The number of nitrogens with zero attached hydrogens (tertiary/aromatic N) is 4. The average Bonchev–Trinajstić information content (AvgIpc) is 2.77. The van der Waals surface area contributed by atoms with Crippen LogP contribution in [0.1, 0.15) is 6.92 Å². The Kier molecular flexibility index (Phi) is 6.62. The Balaban J connectivity index is 1.74. The van der Waals surface area contributed by atoms with E-state index in [0.717, 1.165) is 5.56 Å². The molecule has 0 spiro atoms. The van der Waals surface area contributed by atoms with E-state index in [9.17, 15) is 0 Å². The topological polar surface area (TPSA) is 101 Å². The Hall–Kier alpha value is -3.62. The van der Waals surface area contributed by atoms with E-state index in [2.05, 4.69) is 25.5 Å². The lowest BCUT2D eigenvalue weighted by Crippen LogP contribution is -2.23. The van der Waals surface area contributed by atoms with E-state index >= 15 is 0 Å². The first-order valence-electron chi connectivity index (χ1n) is 8.95. The van der Waals surface area contributed by atoms with Crippen LogP contribution in [0.5, 0.6) is 23.0 Å². The summed E-state index contributed by atoms with van der Waals surface area (Å²) in [4.78, 5) is 8.56. The van der Waals surface area contributed by atoms with Crippen molar-refractivity contribution in [2.45, 2.75) is 13.0 Å². The lowest BCUT2D eigenvalue weighted by atomic mass is 10.1. The molecule has 0 bridgehead atoms. The summed E-state index contributed by atoms with van der Waals surface area (Å²) in [6, 6.07) is 7.29. The van der Waals surface area contributed by atoms with Crippen LogP contribution >= 0.6 is 0 Å². The first-order valence-corrected chi connectivity index (χ1v) is 8.95. The maximum atomic E-state index is 5.79. The third kappa shape index (κ3) is 5.01. The van der Waals surface area contributed by atoms with Crippen LogP contribution < -0.4 is 24.3 Å². The second-order valence-corrected chi connectivity index (χ2v) is 6.08. The quantitative estimate of drug-likeness (QED) is 0.584. The summed E-state index contributed by atoms with van der Waals surface area (Å²) in [5, 5.41) is 11.2. The molecule has 152 valence electrons. The van der Waals surface area contributed by atoms with E-state index in [0.29, 0.717) is 41.2 Å². The average molecular weight is 397 g/mol. The highest BCUT2D eigenvalue weighted by molar-refractivity contribution is 5.68. The number of hydrogen-bond donors (Lipinski definition) is 1. The number of hydrogen-bond acceptors (Lipinski definition) is 9. The molecule has 0 fully saturated rings. The molecule has 2 aromatic heterocycles. The molecular weight excluding hydrogens is 374 g/mol. The van der Waals surface area contributed by atoms with Gasteiger partial charge in [-0.1, -0.05) is 0 Å². The molecule has 1 N–H and O–H groups in total. The third-order valence-electron chi connectivity index (χ3n) is 4.04. The fraction of sp³-hybridized carbons (Fsp3) is 0.300. The molecule has 1 unspecified atom stereocenters. The fourth-order valence-corrected chi connectivity index (χ4v) is 2.67. The van der Waals surface area contributed by atoms with Crippen LogP contribution in [0.4, 0.5) is 5.95 Å². The van der Waals surface area contributed by atoms with Crippen molar-refractivity contribution >= 4 is 5.95 Å². The molecule has 1 atom stereocenters. The van der Waals surface area contributed by atoms with E-state index in [4.69, 9.17) is 18.9 Å². The molecule has 0 aliphatic carbocycles. The summed E-state index contributed by atoms with van der Waals surface area (Å²) in [6.45, 7) is 2.44. The summed E-state index contributed by atoms with van der Waals surface area (Å²) < 4.78 is 21.9. The third-order valence-corrected chi connectivity index (χ3v) is 4.04. The summed E-state index contributed by atoms with van der Waals surface area (Å²) in [5.41, 5.74) is 1.37. The highest BCUT2D eigenvalue weighted by Crippen LogP contribution is 2.40. The highest BCUT2D eigenvalue weighted by atomic mass is 16.5. The van der Waals surface area contributed by atoms with Gasteiger partial charge in [0.25, 0.3) is 0 Å². The number of ether oxygens (including phenoxy) is 4. The molecule has 3 aromatic rings. The summed E-state index contributed by atoms with van der Waals surface area (Å²) in [5.74, 6) is 2.67. The van der Waals surface area contributed by atoms with Gasteiger partial charge in [0.1, 0.15) is 11.9 Å². The second kappa shape index (κ2) is 9.54. The number of methoxy groups -OCH3 is 3. The summed E-state index contributed by atoms with van der Waals surface area (Å²) in [7, 11) is 4.69. The molecule has 9 heteroatoms. The van der Waals surface area contributed by atoms with Crippen molar-refractivity contribution < 1.29 is 18.9 Å². The molecule has 0 radical (unpaired) electrons. The lowest BCUT2D eigenvalue weighted by molar-refractivity contribution is 0.233. The largest absolute Gasteiger partial charge is 0.493 e. The summed E-state index contributed by atoms with van der Waals surface area (Å²) >= 11 is 0. The number of aromatic nitrogens is 4. The van der Waals surface area contributed by atoms with Crippen LogP contribution in [-0.4, -0.2) is 54.1 Å². The van der Waals surface area contributed by atoms with Gasteiger partial charge >= 0.3 is 0 Å². The molecule has 1 aromatic carbocycles. The molecule has 29 heavy (non-hydrogen) atoms. The van der Waals surface area contributed by atoms with Gasteiger partial charge in [0, 0.05) is 11.8 Å². The molecular formula is C20H23N5O4. The molecule has 9 nitrogen and oxygen atoms in total. The monoisotopic (exact) mass is 397 g/mol. The first-order chi connectivity index (χ1) is 14.1. The van der Waals surface area contributed by atoms with Gasteiger partial charge in [-0.15, -0.1) is 5.10 Å². The van der Waals surface area contributed by atoms with E-state index in [1.807, 2.05) is 31.2 Å². The van der Waals surface area contributed by atoms with Gasteiger partial charge in [0.15, 0.2) is 11.5 Å². The Morgan fingerprint density at radius 1 is 1.03 bits per heavy atom. The van der Waals surface area contributed by atoms with Crippen molar-refractivity contribution in [2.24, 2.45) is 0 Å². The van der Waals surface area contributed by atoms with Gasteiger partial charge in [-0.2, -0.15) is 5.10 Å². The zero-order chi connectivity index (χ0) is 20.6. The van der Waals surface area contributed by atoms with Crippen LogP contribution in [0.25, 0.3) is 11.3 Å². The SMILES string of the molecule is COc1cc(-c2cnnc(NCC(C)Oc3cccnc3)n2)cc(OC)c1OC. The van der Waals surface area contributed by atoms with Crippen LogP contribution in [0.2, 0.25) is 0 Å². The van der Waals surface area contributed by atoms with Gasteiger partial charge in [-0.25, -0.2) is 4.98 Å². The first kappa shape index (κ1) is 20.1. The number of anilines is 1. The van der Waals surface area contributed by atoms with Crippen molar-refractivity contribution in [1.29, 1.82) is 0 Å². The van der Waals surface area contributed by atoms with Crippen molar-refractivity contribution in [2.75, 3.05) is 33.2 Å². The molecule has 0 saturated heterocycles. The maximum Gasteiger partial charge on any atom is 0.243 e. The zero-order valence-electron chi connectivity index (χ0n) is 16.7. The van der Waals surface area contributed by atoms with Gasteiger partial charge in [0.05, 0.1) is 46.0 Å². The van der Waals surface area contributed by atoms with E-state index in [1.165, 1.54) is 0 Å². The highest BCUT2D eigenvalue weighted by Gasteiger charge is 2.15. The molecule has 2 heterocycles. The number of nitrogens with one attached hydrogen (secondary N) is 1. The Morgan fingerprint density at radius 3 is 2.41 bits per heavy atom. The van der Waals surface area contributed by atoms with E-state index in [-0.39, 0.29) is 6.10 Å². The Labute approximate surface area is 169 Å². The van der Waals surface area contributed by atoms with Gasteiger partial charge in [0.2, 0.25) is 11.7 Å². The van der Waals surface area contributed by atoms with E-state index < -0.39 is 0 Å². The predicted octanol–water partition coefficient (Wildman–Crippen LogP) is 2.84. The smallest absolute Gasteiger partial charge is 0.243 e. The number of pyridine rings is 1. The Bertz CT molecular complexity index is 914. The Morgan fingerprint density at radius 2 is 1.79 bits per heavy atom. The van der Waals surface area contributed by atoms with Crippen LogP contribution in [0.3, 0.4) is 0 Å². The van der Waals surface area contributed by atoms with Crippen molar-refractivity contribution in [3.63, 3.8) is 0 Å². The van der Waals surface area contributed by atoms with Crippen LogP contribution in [0, 0.1) is 0 Å². The predicted molar refractivity (Wildman–Crippen MR) is 108 cm³/mol. The molecule has 0 saturated carbocycles. The van der Waals surface area contributed by atoms with Gasteiger partial charge in [-0.05, 0) is 31.2 Å². The van der Waals surface area contributed by atoms with Crippen LogP contribution in [-0.2, 0) is 0 Å². The summed E-state index contributed by atoms with van der Waals surface area (Å²) in [6.07, 6.45) is 4.82. The minimum atomic E-state index is -0.118. The second-order valence-electron chi connectivity index (χ2n) is 6.08. The number of benzene rings is 1. The normalized spacial score (nSPS) is 11.4. The lowest BCUT2D eigenvalue weighted by Gasteiger charge is -2.15. The molecule has 0 aliphatic heterocycles. The van der Waals surface area contributed by atoms with Gasteiger partial charge in [-0.3, -0.25) is 4.98 Å². The maximum absolute atomic E-state index is 5.79. The standard InChI is InChI=1S/C20H23N5O4/c1-13(29-15-6-5-7-21-11-15)10-22-20-24-16(12-23-25-20)14-8-17(26-2)19(28-4)18(9-14)27-3/h5-9,11-13H,10H2,1-4H3,(H,22,24,25). The minimum absolute atomic E-state index is 0.118. The molecule has 0 aliphatic rings. The van der Waals surface area contributed by atoms with Crippen LogP contribution in [0.15, 0.2) is 42.9 Å². The van der Waals surface area contributed by atoms with Crippen molar-refractivity contribution in [3.05, 3.63) is 42.9 Å². The number of rotatable bonds is 9. The molecule has 0 amide bonds. The van der Waals surface area contributed by atoms with Crippen molar-refractivity contribution in [1.82, 2.24) is 20.2 Å². The van der Waals surface area contributed by atoms with E-state index in [1.54, 1.807) is 39.9 Å². The minimum Gasteiger partial charge on any atom is -0.493 e. The van der Waals surface area contributed by atoms with Crippen molar-refractivity contribution in [3.8, 4) is 34.3 Å². The molecule has 3 rings (SSSR count). The zero-order valence-corrected chi connectivity index (χ0v) is 16.7. The van der Waals surface area contributed by atoms with Gasteiger partial charge < -0.3 is 24.3 Å².